The van der Waals surface area contributed by atoms with Crippen LogP contribution in [0.3, 0.4) is 0 Å². The molecular formula is C8H10ClN3O2. The van der Waals surface area contributed by atoms with E-state index in [4.69, 9.17) is 17.3 Å². The van der Waals surface area contributed by atoms with Crippen LogP contribution in [0.1, 0.15) is 0 Å². The summed E-state index contributed by atoms with van der Waals surface area (Å²) in [6.45, 7) is 0.653. The predicted molar refractivity (Wildman–Crippen MR) is 53.3 cm³/mol. The van der Waals surface area contributed by atoms with Crippen LogP contribution in [0.25, 0.3) is 0 Å². The summed E-state index contributed by atoms with van der Waals surface area (Å²) in [5.74, 6) is 0. The Kier molecular flexibility index (Phi) is 4.00. The van der Waals surface area contributed by atoms with Gasteiger partial charge < -0.3 is 15.8 Å². The Morgan fingerprint density at radius 1 is 1.71 bits per heavy atom. The SMILES string of the molecule is NC(=O)OCCNc1ccncc1Cl. The van der Waals surface area contributed by atoms with E-state index in [1.165, 1.54) is 6.20 Å². The number of carbonyl (C=O) groups excluding carboxylic acids is 1. The Morgan fingerprint density at radius 3 is 3.14 bits per heavy atom. The van der Waals surface area contributed by atoms with Crippen molar-refractivity contribution in [3.63, 3.8) is 0 Å². The zero-order chi connectivity index (χ0) is 10.4. The second-order valence-corrected chi connectivity index (χ2v) is 2.86. The fraction of sp³-hybridized carbons (Fsp3) is 0.250. The highest BCUT2D eigenvalue weighted by Gasteiger charge is 1.98. The van der Waals surface area contributed by atoms with Crippen LogP contribution in [0.4, 0.5) is 10.5 Å². The van der Waals surface area contributed by atoms with Crippen LogP contribution in [0.15, 0.2) is 18.5 Å². The second-order valence-electron chi connectivity index (χ2n) is 2.45. The predicted octanol–water partition coefficient (Wildman–Crippen LogP) is 1.24. The van der Waals surface area contributed by atoms with Crippen molar-refractivity contribution in [2.45, 2.75) is 0 Å². The van der Waals surface area contributed by atoms with Gasteiger partial charge in [-0.05, 0) is 6.07 Å². The van der Waals surface area contributed by atoms with Gasteiger partial charge in [0.2, 0.25) is 0 Å². The number of hydrogen-bond donors (Lipinski definition) is 2. The molecule has 0 aliphatic rings. The van der Waals surface area contributed by atoms with Crippen LogP contribution in [0.5, 0.6) is 0 Å². The first kappa shape index (κ1) is 10.6. The average Bonchev–Trinajstić information content (AvgIpc) is 2.15. The monoisotopic (exact) mass is 215 g/mol. The van der Waals surface area contributed by atoms with Crippen LogP contribution >= 0.6 is 11.6 Å². The molecule has 1 aromatic heterocycles. The molecule has 0 spiro atoms. The van der Waals surface area contributed by atoms with Crippen molar-refractivity contribution in [2.24, 2.45) is 5.73 Å². The molecule has 1 heterocycles. The highest BCUT2D eigenvalue weighted by molar-refractivity contribution is 6.33. The maximum Gasteiger partial charge on any atom is 0.404 e. The van der Waals surface area contributed by atoms with Crippen LogP contribution in [0.2, 0.25) is 5.02 Å². The van der Waals surface area contributed by atoms with Gasteiger partial charge in [-0.25, -0.2) is 4.79 Å². The normalized spacial score (nSPS) is 9.50. The van der Waals surface area contributed by atoms with Crippen molar-refractivity contribution in [3.05, 3.63) is 23.5 Å². The molecule has 0 radical (unpaired) electrons. The molecule has 0 aliphatic heterocycles. The molecule has 1 rings (SSSR count). The van der Waals surface area contributed by atoms with Crippen LogP contribution in [-0.2, 0) is 4.74 Å². The van der Waals surface area contributed by atoms with Gasteiger partial charge in [0.15, 0.2) is 0 Å². The fourth-order valence-corrected chi connectivity index (χ4v) is 1.04. The van der Waals surface area contributed by atoms with Gasteiger partial charge in [-0.2, -0.15) is 0 Å². The van der Waals surface area contributed by atoms with E-state index in [9.17, 15) is 4.79 Å². The van der Waals surface area contributed by atoms with E-state index in [2.05, 4.69) is 15.0 Å². The summed E-state index contributed by atoms with van der Waals surface area (Å²) < 4.78 is 4.52. The lowest BCUT2D eigenvalue weighted by atomic mass is 10.4. The first-order valence-corrected chi connectivity index (χ1v) is 4.33. The summed E-state index contributed by atoms with van der Waals surface area (Å²) in [4.78, 5) is 14.0. The third kappa shape index (κ3) is 3.49. The van der Waals surface area contributed by atoms with Gasteiger partial charge in [0.05, 0.1) is 10.7 Å². The first-order chi connectivity index (χ1) is 6.70. The average molecular weight is 216 g/mol. The molecule has 0 aliphatic carbocycles. The molecule has 1 aromatic rings. The van der Waals surface area contributed by atoms with E-state index < -0.39 is 6.09 Å². The third-order valence-electron chi connectivity index (χ3n) is 1.43. The third-order valence-corrected chi connectivity index (χ3v) is 1.74. The molecular weight excluding hydrogens is 206 g/mol. The van der Waals surface area contributed by atoms with E-state index in [0.717, 1.165) is 5.69 Å². The second kappa shape index (κ2) is 5.29. The fourth-order valence-electron chi connectivity index (χ4n) is 0.856. The molecule has 1 amide bonds. The number of nitrogens with two attached hydrogens (primary N) is 1. The lowest BCUT2D eigenvalue weighted by molar-refractivity contribution is 0.161. The summed E-state index contributed by atoms with van der Waals surface area (Å²) in [6, 6.07) is 1.73. The molecule has 0 saturated heterocycles. The van der Waals surface area contributed by atoms with Gasteiger partial charge in [0.1, 0.15) is 6.61 Å². The molecule has 0 unspecified atom stereocenters. The number of primary amides is 1. The number of hydrogen-bond acceptors (Lipinski definition) is 4. The Morgan fingerprint density at radius 2 is 2.50 bits per heavy atom. The van der Waals surface area contributed by atoms with E-state index in [-0.39, 0.29) is 6.61 Å². The molecule has 5 nitrogen and oxygen atoms in total. The standard InChI is InChI=1S/C8H10ClN3O2/c9-6-5-11-2-1-7(6)12-3-4-14-8(10)13/h1-2,5H,3-4H2,(H2,10,13)(H,11,12). The first-order valence-electron chi connectivity index (χ1n) is 3.96. The number of ether oxygens (including phenoxy) is 1. The maximum atomic E-state index is 10.2. The number of pyridine rings is 1. The van der Waals surface area contributed by atoms with E-state index in [0.29, 0.717) is 11.6 Å². The molecule has 14 heavy (non-hydrogen) atoms. The van der Waals surface area contributed by atoms with Crippen molar-refractivity contribution in [1.29, 1.82) is 0 Å². The summed E-state index contributed by atoms with van der Waals surface area (Å²) in [7, 11) is 0. The van der Waals surface area contributed by atoms with E-state index in [1.54, 1.807) is 12.3 Å². The number of carbonyl (C=O) groups is 1. The molecule has 6 heteroatoms. The molecule has 0 saturated carbocycles. The summed E-state index contributed by atoms with van der Waals surface area (Å²) in [6.07, 6.45) is 2.36. The quantitative estimate of drug-likeness (QED) is 0.741. The van der Waals surface area contributed by atoms with Gasteiger partial charge in [-0.15, -0.1) is 0 Å². The van der Waals surface area contributed by atoms with Gasteiger partial charge >= 0.3 is 6.09 Å². The molecule has 0 aromatic carbocycles. The van der Waals surface area contributed by atoms with Gasteiger partial charge in [-0.3, -0.25) is 4.98 Å². The Labute approximate surface area is 86.2 Å². The minimum atomic E-state index is -0.785. The number of nitrogens with zero attached hydrogens (tertiary/aromatic N) is 1. The zero-order valence-corrected chi connectivity index (χ0v) is 8.12. The van der Waals surface area contributed by atoms with Crippen molar-refractivity contribution in [1.82, 2.24) is 4.98 Å². The van der Waals surface area contributed by atoms with Crippen LogP contribution in [0, 0.1) is 0 Å². The Balaban J connectivity index is 2.31. The highest BCUT2D eigenvalue weighted by Crippen LogP contribution is 2.18. The molecule has 0 bridgehead atoms. The molecule has 0 atom stereocenters. The highest BCUT2D eigenvalue weighted by atomic mass is 35.5. The van der Waals surface area contributed by atoms with Crippen LogP contribution in [-0.4, -0.2) is 24.2 Å². The Bertz CT molecular complexity index is 319. The van der Waals surface area contributed by atoms with Crippen molar-refractivity contribution in [2.75, 3.05) is 18.5 Å². The van der Waals surface area contributed by atoms with Crippen LogP contribution < -0.4 is 11.1 Å². The van der Waals surface area contributed by atoms with E-state index >= 15 is 0 Å². The largest absolute Gasteiger partial charge is 0.448 e. The lowest BCUT2D eigenvalue weighted by Crippen LogP contribution is -2.18. The van der Waals surface area contributed by atoms with Crippen molar-refractivity contribution < 1.29 is 9.53 Å². The number of amides is 1. The number of halogens is 1. The smallest absolute Gasteiger partial charge is 0.404 e. The number of aromatic nitrogens is 1. The lowest BCUT2D eigenvalue weighted by Gasteiger charge is -2.06. The summed E-state index contributed by atoms with van der Waals surface area (Å²) >= 11 is 5.81. The summed E-state index contributed by atoms with van der Waals surface area (Å²) in [5.41, 5.74) is 5.52. The van der Waals surface area contributed by atoms with Crippen molar-refractivity contribution in [3.8, 4) is 0 Å². The number of rotatable bonds is 4. The maximum absolute atomic E-state index is 10.2. The van der Waals surface area contributed by atoms with Gasteiger partial charge in [0, 0.05) is 18.9 Å². The summed E-state index contributed by atoms with van der Waals surface area (Å²) in [5, 5.41) is 3.48. The molecule has 76 valence electrons. The van der Waals surface area contributed by atoms with Crippen molar-refractivity contribution >= 4 is 23.4 Å². The Hall–Kier alpha value is -1.49. The minimum absolute atomic E-state index is 0.202. The van der Waals surface area contributed by atoms with E-state index in [1.807, 2.05) is 0 Å². The number of anilines is 1. The molecule has 3 N–H and O–H groups in total. The topological polar surface area (TPSA) is 77.2 Å². The van der Waals surface area contributed by atoms with Gasteiger partial charge in [-0.1, -0.05) is 11.6 Å². The molecule has 0 fully saturated rings. The van der Waals surface area contributed by atoms with Gasteiger partial charge in [0.25, 0.3) is 0 Å². The minimum Gasteiger partial charge on any atom is -0.448 e. The number of nitrogens with one attached hydrogen (secondary N) is 1. The zero-order valence-electron chi connectivity index (χ0n) is 7.37.